The van der Waals surface area contributed by atoms with Gasteiger partial charge in [-0.1, -0.05) is 12.1 Å². The second-order valence-corrected chi connectivity index (χ2v) is 12.1. The lowest BCUT2D eigenvalue weighted by atomic mass is 9.90. The zero-order valence-corrected chi connectivity index (χ0v) is 26.1. The molecule has 44 heavy (non-hydrogen) atoms. The highest BCUT2D eigenvalue weighted by atomic mass is 16.3. The number of aryl methyl sites for hydroxylation is 2. The smallest absolute Gasteiger partial charge is 0.261 e. The minimum Gasteiger partial charge on any atom is -0.461 e. The van der Waals surface area contributed by atoms with Crippen LogP contribution in [0.2, 0.25) is 0 Å². The molecule has 0 saturated heterocycles. The summed E-state index contributed by atoms with van der Waals surface area (Å²) in [7, 11) is 1.73. The minimum atomic E-state index is -1.17. The molecule has 6 rings (SSSR count). The van der Waals surface area contributed by atoms with Gasteiger partial charge in [-0.25, -0.2) is 4.98 Å². The number of furan rings is 1. The first-order chi connectivity index (χ1) is 21.0. The Bertz CT molecular complexity index is 1970. The molecule has 0 aliphatic carbocycles. The number of carbonyl (C=O) groups is 2. The first kappa shape index (κ1) is 29.4. The van der Waals surface area contributed by atoms with E-state index in [0.717, 1.165) is 28.3 Å². The highest BCUT2D eigenvalue weighted by molar-refractivity contribution is 6.19. The van der Waals surface area contributed by atoms with E-state index in [4.69, 9.17) is 9.40 Å². The largest absolute Gasteiger partial charge is 0.461 e. The number of carbonyl (C=O) groups excluding carboxylic acids is 2. The summed E-state index contributed by atoms with van der Waals surface area (Å²) in [6, 6.07) is 15.6. The highest BCUT2D eigenvalue weighted by Gasteiger charge is 2.45. The first-order valence-corrected chi connectivity index (χ1v) is 15.0. The summed E-state index contributed by atoms with van der Waals surface area (Å²) in [5.74, 6) is 1.17. The zero-order valence-electron chi connectivity index (χ0n) is 26.1. The predicted molar refractivity (Wildman–Crippen MR) is 171 cm³/mol. The molecule has 0 fully saturated rings. The summed E-state index contributed by atoms with van der Waals surface area (Å²) in [5.41, 5.74) is 3.73. The zero-order chi connectivity index (χ0) is 31.3. The molecule has 5 aromatic rings. The van der Waals surface area contributed by atoms with Crippen molar-refractivity contribution < 1.29 is 14.0 Å². The van der Waals surface area contributed by atoms with Crippen LogP contribution in [0.4, 0.5) is 11.4 Å². The van der Waals surface area contributed by atoms with Crippen LogP contribution in [-0.4, -0.2) is 50.8 Å². The van der Waals surface area contributed by atoms with Gasteiger partial charge in [0.2, 0.25) is 11.8 Å². The van der Waals surface area contributed by atoms with Crippen molar-refractivity contribution in [3.05, 3.63) is 94.1 Å². The van der Waals surface area contributed by atoms with E-state index in [9.17, 15) is 14.4 Å². The molecule has 0 atom stereocenters. The predicted octanol–water partition coefficient (Wildman–Crippen LogP) is 4.92. The number of rotatable bonds is 8. The third-order valence-electron chi connectivity index (χ3n) is 8.65. The van der Waals surface area contributed by atoms with Gasteiger partial charge in [-0.2, -0.15) is 0 Å². The van der Waals surface area contributed by atoms with Crippen molar-refractivity contribution in [1.82, 2.24) is 18.9 Å². The van der Waals surface area contributed by atoms with Crippen molar-refractivity contribution in [1.29, 1.82) is 0 Å². The van der Waals surface area contributed by atoms with Crippen molar-refractivity contribution in [2.45, 2.75) is 54.3 Å². The molecule has 10 nitrogen and oxygen atoms in total. The summed E-state index contributed by atoms with van der Waals surface area (Å²) >= 11 is 0. The number of anilines is 2. The molecule has 0 N–H and O–H groups in total. The van der Waals surface area contributed by atoms with E-state index in [1.807, 2.05) is 63.4 Å². The maximum atomic E-state index is 13.4. The van der Waals surface area contributed by atoms with Gasteiger partial charge in [-0.3, -0.25) is 19.3 Å². The van der Waals surface area contributed by atoms with Crippen LogP contribution in [0.15, 0.2) is 70.1 Å². The number of imidazole rings is 1. The summed E-state index contributed by atoms with van der Waals surface area (Å²) in [5, 5.41) is 0.573. The fourth-order valence-corrected chi connectivity index (χ4v) is 6.24. The lowest BCUT2D eigenvalue weighted by Gasteiger charge is -2.27. The van der Waals surface area contributed by atoms with Gasteiger partial charge < -0.3 is 23.2 Å². The molecule has 10 heteroatoms. The SMILES string of the molecule is CCN1C(=O)C(C)(C)C(=O)N(C)c2cc(CN(CCn3ccc4oc(C)cc4c3=O)Cc3nc(C)n4ccccc34)ccc21. The topological polar surface area (TPSA) is 96.3 Å². The van der Waals surface area contributed by atoms with E-state index in [-0.39, 0.29) is 17.4 Å². The Morgan fingerprint density at radius 3 is 2.50 bits per heavy atom. The first-order valence-electron chi connectivity index (χ1n) is 15.0. The molecule has 0 saturated carbocycles. The average molecular weight is 595 g/mol. The van der Waals surface area contributed by atoms with E-state index in [2.05, 4.69) is 15.4 Å². The number of nitrogens with zero attached hydrogens (tertiary/aromatic N) is 6. The number of hydrogen-bond acceptors (Lipinski definition) is 6. The number of fused-ring (bicyclic) bond motifs is 3. The average Bonchev–Trinajstić information content (AvgIpc) is 3.54. The number of pyridine rings is 2. The molecule has 0 unspecified atom stereocenters. The number of hydrogen-bond donors (Lipinski definition) is 0. The van der Waals surface area contributed by atoms with Gasteiger partial charge in [0.25, 0.3) is 5.56 Å². The third kappa shape index (κ3) is 4.98. The minimum absolute atomic E-state index is 0.0836. The van der Waals surface area contributed by atoms with Gasteiger partial charge in [-0.05, 0) is 76.6 Å². The van der Waals surface area contributed by atoms with Crippen LogP contribution < -0.4 is 15.4 Å². The van der Waals surface area contributed by atoms with Gasteiger partial charge in [0.05, 0.1) is 28.0 Å². The maximum Gasteiger partial charge on any atom is 0.261 e. The molecule has 1 aliphatic rings. The van der Waals surface area contributed by atoms with Crippen molar-refractivity contribution in [2.24, 2.45) is 5.41 Å². The Balaban J connectivity index is 1.35. The highest BCUT2D eigenvalue weighted by Crippen LogP contribution is 2.39. The molecule has 5 heterocycles. The van der Waals surface area contributed by atoms with E-state index >= 15 is 0 Å². The molecule has 4 aromatic heterocycles. The summed E-state index contributed by atoms with van der Waals surface area (Å²) in [4.78, 5) is 50.4. The summed E-state index contributed by atoms with van der Waals surface area (Å²) < 4.78 is 9.45. The van der Waals surface area contributed by atoms with Gasteiger partial charge in [0.1, 0.15) is 22.6 Å². The number of benzene rings is 1. The monoisotopic (exact) mass is 594 g/mol. The van der Waals surface area contributed by atoms with Gasteiger partial charge in [0, 0.05) is 52.2 Å². The van der Waals surface area contributed by atoms with Crippen LogP contribution in [0.1, 0.15) is 43.6 Å². The van der Waals surface area contributed by atoms with Crippen LogP contribution >= 0.6 is 0 Å². The van der Waals surface area contributed by atoms with Gasteiger partial charge in [0.15, 0.2) is 0 Å². The van der Waals surface area contributed by atoms with E-state index < -0.39 is 5.41 Å². The molecule has 1 aliphatic heterocycles. The summed E-state index contributed by atoms with van der Waals surface area (Å²) in [6.45, 7) is 11.7. The summed E-state index contributed by atoms with van der Waals surface area (Å²) in [6.07, 6.45) is 3.79. The standard InChI is InChI=1S/C34H38N6O4/c1-7-39-28-12-11-24(19-29(28)36(6)32(42)34(4,5)33(39)43)20-37(21-26-27-10-8-9-14-40(27)23(3)35-26)16-17-38-15-13-30-25(31(38)41)18-22(2)44-30/h8-15,18-19H,7,16-17,20-21H2,1-6H3. The van der Waals surface area contributed by atoms with Crippen LogP contribution in [0, 0.1) is 19.3 Å². The van der Waals surface area contributed by atoms with Crippen molar-refractivity contribution in [2.75, 3.05) is 29.9 Å². The Kier molecular flexibility index (Phi) is 7.41. The van der Waals surface area contributed by atoms with Crippen molar-refractivity contribution in [3.8, 4) is 0 Å². The third-order valence-corrected chi connectivity index (χ3v) is 8.65. The quantitative estimate of drug-likeness (QED) is 0.237. The normalized spacial score (nSPS) is 15.1. The second-order valence-electron chi connectivity index (χ2n) is 12.1. The fourth-order valence-electron chi connectivity index (χ4n) is 6.24. The Labute approximate surface area is 256 Å². The Morgan fingerprint density at radius 1 is 0.932 bits per heavy atom. The molecule has 0 radical (unpaired) electrons. The molecular weight excluding hydrogens is 556 g/mol. The fraction of sp³-hybridized carbons (Fsp3) is 0.353. The molecular formula is C34H38N6O4. The molecule has 0 spiro atoms. The molecule has 0 bridgehead atoms. The molecule has 228 valence electrons. The van der Waals surface area contributed by atoms with Crippen LogP contribution in [0.3, 0.4) is 0 Å². The van der Waals surface area contributed by atoms with E-state index in [1.54, 1.807) is 47.5 Å². The van der Waals surface area contributed by atoms with Gasteiger partial charge in [-0.15, -0.1) is 0 Å². The molecule has 1 aromatic carbocycles. The lowest BCUT2D eigenvalue weighted by molar-refractivity contribution is -0.137. The van der Waals surface area contributed by atoms with Crippen molar-refractivity contribution >= 4 is 39.7 Å². The molecule has 2 amide bonds. The maximum absolute atomic E-state index is 13.4. The van der Waals surface area contributed by atoms with E-state index in [0.29, 0.717) is 55.1 Å². The van der Waals surface area contributed by atoms with E-state index in [1.165, 1.54) is 0 Å². The number of aromatic nitrogens is 3. The second kappa shape index (κ2) is 11.1. The van der Waals surface area contributed by atoms with Crippen LogP contribution in [0.25, 0.3) is 16.5 Å². The Hall–Kier alpha value is -4.70. The van der Waals surface area contributed by atoms with Crippen LogP contribution in [-0.2, 0) is 29.2 Å². The van der Waals surface area contributed by atoms with Crippen LogP contribution in [0.5, 0.6) is 0 Å². The Morgan fingerprint density at radius 2 is 1.73 bits per heavy atom. The van der Waals surface area contributed by atoms with Gasteiger partial charge >= 0.3 is 0 Å². The number of amides is 2. The lowest BCUT2D eigenvalue weighted by Crippen LogP contribution is -2.47. The van der Waals surface area contributed by atoms with Crippen molar-refractivity contribution in [3.63, 3.8) is 0 Å².